The molecular weight excluding hydrogens is 372 g/mol. The molecule has 5 heteroatoms. The molecule has 2 heterocycles. The summed E-state index contributed by atoms with van der Waals surface area (Å²) in [6.07, 6.45) is 0.908. The molecule has 0 saturated carbocycles. The molecule has 1 aliphatic rings. The zero-order valence-electron chi connectivity index (χ0n) is 10.6. The van der Waals surface area contributed by atoms with E-state index in [4.69, 9.17) is 4.74 Å². The Kier molecular flexibility index (Phi) is 3.14. The highest BCUT2D eigenvalue weighted by molar-refractivity contribution is 9.11. The third-order valence-electron chi connectivity index (χ3n) is 3.00. The van der Waals surface area contributed by atoms with Crippen LogP contribution in [-0.2, 0) is 6.42 Å². The lowest BCUT2D eigenvalue weighted by molar-refractivity contribution is 0.139. The van der Waals surface area contributed by atoms with E-state index in [0.717, 1.165) is 26.9 Å². The van der Waals surface area contributed by atoms with Gasteiger partial charge in [0.15, 0.2) is 5.82 Å². The van der Waals surface area contributed by atoms with Crippen molar-refractivity contribution in [1.82, 2.24) is 9.97 Å². The summed E-state index contributed by atoms with van der Waals surface area (Å²) in [4.78, 5) is 8.85. The molecule has 0 saturated heterocycles. The fourth-order valence-corrected chi connectivity index (χ4v) is 3.38. The molecule has 1 aliphatic heterocycles. The number of benzene rings is 1. The summed E-state index contributed by atoms with van der Waals surface area (Å²) in [7, 11) is 0. The SMILES string of the molecule is CC1(C)Cc2cccc(-c3nc(Br)cc(Br)n3)c2O1. The molecule has 3 nitrogen and oxygen atoms in total. The van der Waals surface area contributed by atoms with Crippen molar-refractivity contribution in [3.8, 4) is 17.1 Å². The van der Waals surface area contributed by atoms with Gasteiger partial charge in [0, 0.05) is 12.5 Å². The van der Waals surface area contributed by atoms with E-state index >= 15 is 0 Å². The number of hydrogen-bond donors (Lipinski definition) is 0. The first-order valence-corrected chi connectivity index (χ1v) is 7.55. The normalized spacial score (nSPS) is 16.0. The van der Waals surface area contributed by atoms with E-state index in [1.165, 1.54) is 5.56 Å². The minimum atomic E-state index is -0.165. The highest BCUT2D eigenvalue weighted by atomic mass is 79.9. The monoisotopic (exact) mass is 382 g/mol. The molecule has 0 spiro atoms. The summed E-state index contributed by atoms with van der Waals surface area (Å²) in [5.41, 5.74) is 1.98. The van der Waals surface area contributed by atoms with Crippen LogP contribution in [0.5, 0.6) is 5.75 Å². The lowest BCUT2D eigenvalue weighted by atomic mass is 10.0. The van der Waals surface area contributed by atoms with Gasteiger partial charge in [-0.1, -0.05) is 12.1 Å². The van der Waals surface area contributed by atoms with Crippen LogP contribution in [0.3, 0.4) is 0 Å². The van der Waals surface area contributed by atoms with Gasteiger partial charge in [0.05, 0.1) is 5.56 Å². The lowest BCUT2D eigenvalue weighted by Gasteiger charge is -2.18. The van der Waals surface area contributed by atoms with E-state index in [-0.39, 0.29) is 5.60 Å². The van der Waals surface area contributed by atoms with Crippen LogP contribution >= 0.6 is 31.9 Å². The lowest BCUT2D eigenvalue weighted by Crippen LogP contribution is -2.24. The molecule has 0 aliphatic carbocycles. The molecule has 98 valence electrons. The predicted octanol–water partition coefficient (Wildman–Crippen LogP) is 4.38. The number of rotatable bonds is 1. The van der Waals surface area contributed by atoms with Gasteiger partial charge in [0.1, 0.15) is 20.6 Å². The number of hydrogen-bond acceptors (Lipinski definition) is 3. The van der Waals surface area contributed by atoms with Crippen LogP contribution in [0.15, 0.2) is 33.5 Å². The van der Waals surface area contributed by atoms with Crippen LogP contribution in [0.25, 0.3) is 11.4 Å². The van der Waals surface area contributed by atoms with Crippen LogP contribution in [0.2, 0.25) is 0 Å². The van der Waals surface area contributed by atoms with E-state index in [9.17, 15) is 0 Å². The fourth-order valence-electron chi connectivity index (χ4n) is 2.30. The Morgan fingerprint density at radius 1 is 1.16 bits per heavy atom. The summed E-state index contributed by atoms with van der Waals surface area (Å²) in [6.45, 7) is 4.18. The van der Waals surface area contributed by atoms with Gasteiger partial charge in [-0.3, -0.25) is 0 Å². The van der Waals surface area contributed by atoms with Gasteiger partial charge in [-0.2, -0.15) is 0 Å². The molecule has 0 radical (unpaired) electrons. The number of halogens is 2. The van der Waals surface area contributed by atoms with E-state index in [0.29, 0.717) is 5.82 Å². The Morgan fingerprint density at radius 3 is 2.53 bits per heavy atom. The zero-order valence-corrected chi connectivity index (χ0v) is 13.7. The van der Waals surface area contributed by atoms with E-state index in [1.807, 2.05) is 18.2 Å². The topological polar surface area (TPSA) is 35.0 Å². The van der Waals surface area contributed by atoms with Gasteiger partial charge < -0.3 is 4.74 Å². The van der Waals surface area contributed by atoms with Crippen molar-refractivity contribution in [2.45, 2.75) is 25.9 Å². The first-order valence-electron chi connectivity index (χ1n) is 5.96. The molecule has 0 amide bonds. The minimum Gasteiger partial charge on any atom is -0.486 e. The van der Waals surface area contributed by atoms with Crippen molar-refractivity contribution in [3.05, 3.63) is 39.0 Å². The maximum atomic E-state index is 6.05. The third-order valence-corrected chi connectivity index (χ3v) is 3.81. The Morgan fingerprint density at radius 2 is 1.84 bits per heavy atom. The Balaban J connectivity index is 2.15. The van der Waals surface area contributed by atoms with Crippen molar-refractivity contribution in [2.75, 3.05) is 0 Å². The average Bonchev–Trinajstić information content (AvgIpc) is 2.60. The molecule has 0 unspecified atom stereocenters. The molecule has 1 aromatic heterocycles. The summed E-state index contributed by atoms with van der Waals surface area (Å²) in [5, 5.41) is 0. The molecule has 0 bridgehead atoms. The maximum absolute atomic E-state index is 6.05. The van der Waals surface area contributed by atoms with Gasteiger partial charge in [-0.05, 0) is 57.3 Å². The van der Waals surface area contributed by atoms with Crippen molar-refractivity contribution in [2.24, 2.45) is 0 Å². The number of ether oxygens (including phenoxy) is 1. The molecule has 0 fully saturated rings. The first kappa shape index (κ1) is 13.1. The minimum absolute atomic E-state index is 0.165. The molecule has 0 N–H and O–H groups in total. The zero-order chi connectivity index (χ0) is 13.6. The van der Waals surface area contributed by atoms with Crippen LogP contribution in [0.1, 0.15) is 19.4 Å². The summed E-state index contributed by atoms with van der Waals surface area (Å²) in [5.74, 6) is 1.56. The third kappa shape index (κ3) is 2.54. The van der Waals surface area contributed by atoms with E-state index < -0.39 is 0 Å². The largest absolute Gasteiger partial charge is 0.486 e. The number of fused-ring (bicyclic) bond motifs is 1. The summed E-state index contributed by atoms with van der Waals surface area (Å²) >= 11 is 6.78. The van der Waals surface area contributed by atoms with Crippen molar-refractivity contribution < 1.29 is 4.74 Å². The quantitative estimate of drug-likeness (QED) is 0.685. The van der Waals surface area contributed by atoms with Crippen LogP contribution in [0, 0.1) is 0 Å². The molecule has 1 aromatic carbocycles. The molecule has 2 aromatic rings. The first-order chi connectivity index (χ1) is 8.94. The Bertz CT molecular complexity index is 636. The number of aromatic nitrogens is 2. The number of para-hydroxylation sites is 1. The van der Waals surface area contributed by atoms with Crippen LogP contribution in [-0.4, -0.2) is 15.6 Å². The van der Waals surface area contributed by atoms with Crippen molar-refractivity contribution in [1.29, 1.82) is 0 Å². The smallest absolute Gasteiger partial charge is 0.165 e. The summed E-state index contributed by atoms with van der Waals surface area (Å²) in [6, 6.07) is 7.93. The van der Waals surface area contributed by atoms with Gasteiger partial charge in [-0.25, -0.2) is 9.97 Å². The standard InChI is InChI=1S/C14H12Br2N2O/c1-14(2)7-8-4-3-5-9(12(8)19-14)13-17-10(15)6-11(16)18-13/h3-6H,7H2,1-2H3. The fraction of sp³-hybridized carbons (Fsp3) is 0.286. The second kappa shape index (κ2) is 4.56. The molecule has 0 atom stereocenters. The molecule has 3 rings (SSSR count). The highest BCUT2D eigenvalue weighted by Crippen LogP contribution is 2.41. The van der Waals surface area contributed by atoms with Gasteiger partial charge in [0.25, 0.3) is 0 Å². The van der Waals surface area contributed by atoms with Crippen molar-refractivity contribution in [3.63, 3.8) is 0 Å². The van der Waals surface area contributed by atoms with Gasteiger partial charge in [-0.15, -0.1) is 0 Å². The van der Waals surface area contributed by atoms with Gasteiger partial charge in [0.2, 0.25) is 0 Å². The Labute approximate surface area is 128 Å². The average molecular weight is 384 g/mol. The second-order valence-corrected chi connectivity index (χ2v) is 6.79. The highest BCUT2D eigenvalue weighted by Gasteiger charge is 2.32. The Hall–Kier alpha value is -0.940. The molecular formula is C14H12Br2N2O. The second-order valence-electron chi connectivity index (χ2n) is 5.17. The van der Waals surface area contributed by atoms with Crippen LogP contribution < -0.4 is 4.74 Å². The van der Waals surface area contributed by atoms with E-state index in [2.05, 4.69) is 61.7 Å². The number of nitrogens with zero attached hydrogens (tertiary/aromatic N) is 2. The van der Waals surface area contributed by atoms with E-state index in [1.54, 1.807) is 0 Å². The molecule has 19 heavy (non-hydrogen) atoms. The van der Waals surface area contributed by atoms with Crippen LogP contribution in [0.4, 0.5) is 0 Å². The maximum Gasteiger partial charge on any atom is 0.165 e. The summed E-state index contributed by atoms with van der Waals surface area (Å²) < 4.78 is 7.55. The predicted molar refractivity (Wildman–Crippen MR) is 81.3 cm³/mol. The van der Waals surface area contributed by atoms with Gasteiger partial charge >= 0.3 is 0 Å². The van der Waals surface area contributed by atoms with Crippen molar-refractivity contribution >= 4 is 31.9 Å².